The fraction of sp³-hybridized carbons (Fsp3) is 0.250. The Morgan fingerprint density at radius 2 is 1.79 bits per heavy atom. The Morgan fingerprint density at radius 3 is 2.39 bits per heavy atom. The second kappa shape index (κ2) is 8.15. The van der Waals surface area contributed by atoms with Crippen molar-refractivity contribution in [2.45, 2.75) is 31.0 Å². The average Bonchev–Trinajstić information content (AvgIpc) is 3.19. The van der Waals surface area contributed by atoms with Crippen molar-refractivity contribution in [2.75, 3.05) is 0 Å². The maximum absolute atomic E-state index is 13.2. The normalized spacial score (nSPS) is 13.7. The largest absolute Gasteiger partial charge is 0.416 e. The molecule has 0 aliphatic heterocycles. The van der Waals surface area contributed by atoms with Gasteiger partial charge in [-0.05, 0) is 42.2 Å². The molecule has 0 amide bonds. The van der Waals surface area contributed by atoms with Gasteiger partial charge in [-0.1, -0.05) is 46.3 Å². The number of aromatic nitrogens is 3. The van der Waals surface area contributed by atoms with Crippen LogP contribution in [0.1, 0.15) is 23.1 Å². The summed E-state index contributed by atoms with van der Waals surface area (Å²) in [6.07, 6.45) is -0.809. The number of hydrogen-bond donors (Lipinski definition) is 0. The Kier molecular flexibility index (Phi) is 5.84. The van der Waals surface area contributed by atoms with Gasteiger partial charge in [0.2, 0.25) is 0 Å². The predicted molar refractivity (Wildman–Crippen MR) is 101 cm³/mol. The summed E-state index contributed by atoms with van der Waals surface area (Å²) in [5.41, 5.74) is -0.639. The van der Waals surface area contributed by atoms with Gasteiger partial charge in [-0.2, -0.15) is 23.5 Å². The van der Waals surface area contributed by atoms with Crippen LogP contribution >= 0.6 is 15.9 Å². The molecule has 0 spiro atoms. The summed E-state index contributed by atoms with van der Waals surface area (Å²) in [4.78, 5) is 3.88. The minimum atomic E-state index is -4.48. The molecule has 4 nitrogen and oxygen atoms in total. The monoisotopic (exact) mass is 448 g/mol. The van der Waals surface area contributed by atoms with Crippen LogP contribution in [0, 0.1) is 11.3 Å². The Morgan fingerprint density at radius 1 is 1.07 bits per heavy atom. The fourth-order valence-electron chi connectivity index (χ4n) is 3.06. The number of nitrogens with zero attached hydrogens (tertiary/aromatic N) is 4. The average molecular weight is 449 g/mol. The zero-order valence-electron chi connectivity index (χ0n) is 14.7. The number of nitriles is 1. The van der Waals surface area contributed by atoms with Crippen LogP contribution in [-0.2, 0) is 24.6 Å². The van der Waals surface area contributed by atoms with E-state index in [1.165, 1.54) is 23.4 Å². The Bertz CT molecular complexity index is 962. The van der Waals surface area contributed by atoms with E-state index < -0.39 is 17.2 Å². The van der Waals surface area contributed by atoms with Crippen LogP contribution in [0.3, 0.4) is 0 Å². The molecule has 0 bridgehead atoms. The minimum Gasteiger partial charge on any atom is -0.251 e. The topological polar surface area (TPSA) is 54.5 Å². The Labute approximate surface area is 168 Å². The van der Waals surface area contributed by atoms with Gasteiger partial charge in [0.25, 0.3) is 0 Å². The number of rotatable bonds is 6. The van der Waals surface area contributed by atoms with E-state index in [4.69, 9.17) is 0 Å². The molecule has 0 N–H and O–H groups in total. The van der Waals surface area contributed by atoms with Crippen molar-refractivity contribution < 1.29 is 13.2 Å². The van der Waals surface area contributed by atoms with Crippen molar-refractivity contribution in [1.29, 1.82) is 5.26 Å². The highest BCUT2D eigenvalue weighted by molar-refractivity contribution is 9.10. The second-order valence-corrected chi connectivity index (χ2v) is 7.41. The molecule has 1 heterocycles. The summed E-state index contributed by atoms with van der Waals surface area (Å²) in [5.74, 6) is 0. The number of benzene rings is 2. The number of alkyl halides is 3. The van der Waals surface area contributed by atoms with Gasteiger partial charge in [-0.3, -0.25) is 4.68 Å². The van der Waals surface area contributed by atoms with Crippen molar-refractivity contribution in [3.8, 4) is 6.07 Å². The van der Waals surface area contributed by atoms with Gasteiger partial charge in [0.05, 0.1) is 18.2 Å². The molecule has 3 rings (SSSR count). The maximum Gasteiger partial charge on any atom is 0.416 e. The van der Waals surface area contributed by atoms with Crippen molar-refractivity contribution in [3.63, 3.8) is 0 Å². The zero-order chi connectivity index (χ0) is 20.2. The van der Waals surface area contributed by atoms with Crippen LogP contribution in [0.25, 0.3) is 0 Å². The van der Waals surface area contributed by atoms with E-state index in [1.807, 2.05) is 24.3 Å². The Balaban J connectivity index is 1.98. The van der Waals surface area contributed by atoms with Crippen LogP contribution in [0.15, 0.2) is 65.7 Å². The molecule has 144 valence electrons. The Hall–Kier alpha value is -2.66. The summed E-state index contributed by atoms with van der Waals surface area (Å²) in [6, 6.07) is 14.9. The molecular weight excluding hydrogens is 433 g/mol. The molecule has 8 heteroatoms. The van der Waals surface area contributed by atoms with Crippen LogP contribution < -0.4 is 0 Å². The van der Waals surface area contributed by atoms with E-state index in [0.29, 0.717) is 18.4 Å². The van der Waals surface area contributed by atoms with Crippen LogP contribution in [0.2, 0.25) is 0 Å². The first kappa shape index (κ1) is 20.1. The maximum atomic E-state index is 13.2. The standard InChI is InChI=1S/C20H16BrF3N4/c21-18-6-4-15(5-7-18)8-9-19(11-25,12-28-14-26-13-27-28)16-2-1-3-17(10-16)20(22,23)24/h1-7,10,13-14H,8-9,12H2. The van der Waals surface area contributed by atoms with Crippen LogP contribution in [0.4, 0.5) is 13.2 Å². The molecule has 28 heavy (non-hydrogen) atoms. The molecule has 0 radical (unpaired) electrons. The molecule has 1 aromatic heterocycles. The third kappa shape index (κ3) is 4.60. The van der Waals surface area contributed by atoms with Gasteiger partial charge >= 0.3 is 6.18 Å². The van der Waals surface area contributed by atoms with E-state index in [2.05, 4.69) is 32.1 Å². The van der Waals surface area contributed by atoms with E-state index in [-0.39, 0.29) is 6.54 Å². The second-order valence-electron chi connectivity index (χ2n) is 6.49. The summed E-state index contributed by atoms with van der Waals surface area (Å²) < 4.78 is 42.0. The van der Waals surface area contributed by atoms with Gasteiger partial charge in [0.1, 0.15) is 18.1 Å². The predicted octanol–water partition coefficient (Wildman–Crippen LogP) is 5.15. The highest BCUT2D eigenvalue weighted by Crippen LogP contribution is 2.36. The molecular formula is C20H16BrF3N4. The molecule has 0 fully saturated rings. The van der Waals surface area contributed by atoms with Crippen molar-refractivity contribution in [1.82, 2.24) is 14.8 Å². The first-order chi connectivity index (χ1) is 13.3. The van der Waals surface area contributed by atoms with Gasteiger partial charge < -0.3 is 0 Å². The van der Waals surface area contributed by atoms with E-state index >= 15 is 0 Å². The highest BCUT2D eigenvalue weighted by atomic mass is 79.9. The van der Waals surface area contributed by atoms with Gasteiger partial charge in [-0.15, -0.1) is 0 Å². The van der Waals surface area contributed by atoms with Crippen LogP contribution in [0.5, 0.6) is 0 Å². The highest BCUT2D eigenvalue weighted by Gasteiger charge is 2.37. The molecule has 1 atom stereocenters. The quantitative estimate of drug-likeness (QED) is 0.523. The van der Waals surface area contributed by atoms with Crippen molar-refractivity contribution >= 4 is 15.9 Å². The number of halogens is 4. The summed E-state index contributed by atoms with van der Waals surface area (Å²) in [5, 5.41) is 14.1. The number of aryl methyl sites for hydroxylation is 1. The van der Waals surface area contributed by atoms with E-state index in [9.17, 15) is 18.4 Å². The zero-order valence-corrected chi connectivity index (χ0v) is 16.3. The molecule has 0 saturated carbocycles. The molecule has 1 unspecified atom stereocenters. The minimum absolute atomic E-state index is 0.112. The molecule has 0 saturated heterocycles. The van der Waals surface area contributed by atoms with Crippen molar-refractivity contribution in [2.24, 2.45) is 0 Å². The van der Waals surface area contributed by atoms with Crippen molar-refractivity contribution in [3.05, 3.63) is 82.3 Å². The van der Waals surface area contributed by atoms with Gasteiger partial charge in [0.15, 0.2) is 0 Å². The molecule has 2 aromatic carbocycles. The summed E-state index contributed by atoms with van der Waals surface area (Å²) in [6.45, 7) is 0.112. The fourth-order valence-corrected chi connectivity index (χ4v) is 3.33. The lowest BCUT2D eigenvalue weighted by atomic mass is 9.76. The van der Waals surface area contributed by atoms with Gasteiger partial charge in [-0.25, -0.2) is 4.98 Å². The first-order valence-electron chi connectivity index (χ1n) is 8.48. The van der Waals surface area contributed by atoms with E-state index in [0.717, 1.165) is 22.2 Å². The lowest BCUT2D eigenvalue weighted by Crippen LogP contribution is -2.31. The lowest BCUT2D eigenvalue weighted by molar-refractivity contribution is -0.137. The van der Waals surface area contributed by atoms with Gasteiger partial charge in [0, 0.05) is 4.47 Å². The lowest BCUT2D eigenvalue weighted by Gasteiger charge is -2.28. The molecule has 0 aliphatic carbocycles. The third-order valence-electron chi connectivity index (χ3n) is 4.61. The van der Waals surface area contributed by atoms with E-state index in [1.54, 1.807) is 6.07 Å². The molecule has 3 aromatic rings. The third-order valence-corrected chi connectivity index (χ3v) is 5.14. The first-order valence-corrected chi connectivity index (χ1v) is 9.27. The smallest absolute Gasteiger partial charge is 0.251 e. The molecule has 0 aliphatic rings. The number of hydrogen-bond acceptors (Lipinski definition) is 3. The summed E-state index contributed by atoms with van der Waals surface area (Å²) in [7, 11) is 0. The van der Waals surface area contributed by atoms with Crippen LogP contribution in [-0.4, -0.2) is 14.8 Å². The summed E-state index contributed by atoms with van der Waals surface area (Å²) >= 11 is 3.38. The SMILES string of the molecule is N#CC(CCc1ccc(Br)cc1)(Cn1cncn1)c1cccc(C(F)(F)F)c1.